The number of hydrogen-bond acceptors (Lipinski definition) is 3. The molecule has 2 rings (SSSR count). The van der Waals surface area contributed by atoms with Crippen molar-refractivity contribution in [3.8, 4) is 0 Å². The molecule has 2 atom stereocenters. The summed E-state index contributed by atoms with van der Waals surface area (Å²) in [6.07, 6.45) is -0.0680. The van der Waals surface area contributed by atoms with E-state index >= 15 is 0 Å². The maximum absolute atomic E-state index is 13.5. The minimum Gasteiger partial charge on any atom is -0.479 e. The summed E-state index contributed by atoms with van der Waals surface area (Å²) in [5, 5.41) is 12.3. The summed E-state index contributed by atoms with van der Waals surface area (Å²) in [7, 11) is 0. The van der Waals surface area contributed by atoms with Crippen molar-refractivity contribution in [1.29, 1.82) is 0 Å². The molecular formula is C17H22FNO4. The number of ether oxygens (including phenoxy) is 1. The average Bonchev–Trinajstić information content (AvgIpc) is 2.44. The molecule has 6 heteroatoms. The van der Waals surface area contributed by atoms with Crippen LogP contribution in [0, 0.1) is 18.2 Å². The summed E-state index contributed by atoms with van der Waals surface area (Å²) >= 11 is 0. The van der Waals surface area contributed by atoms with Gasteiger partial charge in [-0.2, -0.15) is 0 Å². The van der Waals surface area contributed by atoms with E-state index in [2.05, 4.69) is 5.32 Å². The Morgan fingerprint density at radius 2 is 2.04 bits per heavy atom. The van der Waals surface area contributed by atoms with Crippen LogP contribution in [-0.2, 0) is 9.53 Å². The van der Waals surface area contributed by atoms with Crippen LogP contribution in [0.25, 0.3) is 0 Å². The van der Waals surface area contributed by atoms with E-state index in [1.807, 2.05) is 6.92 Å². The van der Waals surface area contributed by atoms with Crippen molar-refractivity contribution < 1.29 is 23.8 Å². The molecule has 0 radical (unpaired) electrons. The number of carbonyl (C=O) groups is 2. The van der Waals surface area contributed by atoms with Crippen molar-refractivity contribution in [2.24, 2.45) is 5.41 Å². The Bertz CT molecular complexity index is 623. The third kappa shape index (κ3) is 2.83. The largest absolute Gasteiger partial charge is 0.479 e. The SMILES string of the molecule is CCOC1CC(NC(=O)c2cc(C)cc(F)c2)(C(=O)O)C1(C)C. The monoisotopic (exact) mass is 323 g/mol. The minimum atomic E-state index is -1.43. The molecule has 0 bridgehead atoms. The van der Waals surface area contributed by atoms with Gasteiger partial charge in [0, 0.05) is 24.0 Å². The number of rotatable bonds is 5. The molecule has 126 valence electrons. The van der Waals surface area contributed by atoms with E-state index in [0.29, 0.717) is 12.2 Å². The van der Waals surface area contributed by atoms with Crippen LogP contribution in [0.1, 0.15) is 43.1 Å². The Kier molecular flexibility index (Phi) is 4.48. The van der Waals surface area contributed by atoms with Crippen LogP contribution in [0.3, 0.4) is 0 Å². The summed E-state index contributed by atoms with van der Waals surface area (Å²) in [6, 6.07) is 3.94. The molecule has 1 aliphatic carbocycles. The Balaban J connectivity index is 2.28. The fraction of sp³-hybridized carbons (Fsp3) is 0.529. The Morgan fingerprint density at radius 3 is 2.52 bits per heavy atom. The highest BCUT2D eigenvalue weighted by Gasteiger charge is 2.66. The fourth-order valence-corrected chi connectivity index (χ4v) is 3.17. The summed E-state index contributed by atoms with van der Waals surface area (Å²) in [5.41, 5.74) is -1.49. The number of hydrogen-bond donors (Lipinski definition) is 2. The highest BCUT2D eigenvalue weighted by molar-refractivity contribution is 5.99. The number of halogens is 1. The van der Waals surface area contributed by atoms with E-state index < -0.39 is 28.6 Å². The van der Waals surface area contributed by atoms with Crippen molar-refractivity contribution in [3.05, 3.63) is 35.1 Å². The van der Waals surface area contributed by atoms with E-state index in [-0.39, 0.29) is 18.1 Å². The lowest BCUT2D eigenvalue weighted by molar-refractivity contribution is -0.190. The number of carboxylic acids is 1. The number of carbonyl (C=O) groups excluding carboxylic acids is 1. The lowest BCUT2D eigenvalue weighted by Gasteiger charge is -2.58. The molecule has 1 aromatic rings. The number of amides is 1. The lowest BCUT2D eigenvalue weighted by atomic mass is 9.54. The van der Waals surface area contributed by atoms with Gasteiger partial charge in [0.2, 0.25) is 0 Å². The van der Waals surface area contributed by atoms with E-state index in [4.69, 9.17) is 4.74 Å². The second-order valence-electron chi connectivity index (χ2n) is 6.55. The van der Waals surface area contributed by atoms with Gasteiger partial charge in [0.15, 0.2) is 0 Å². The molecule has 1 aromatic carbocycles. The van der Waals surface area contributed by atoms with Crippen molar-refractivity contribution >= 4 is 11.9 Å². The lowest BCUT2D eigenvalue weighted by Crippen LogP contribution is -2.76. The van der Waals surface area contributed by atoms with E-state index in [9.17, 15) is 19.1 Å². The van der Waals surface area contributed by atoms with Crippen LogP contribution in [0.5, 0.6) is 0 Å². The number of benzene rings is 1. The third-order valence-electron chi connectivity index (χ3n) is 4.76. The maximum Gasteiger partial charge on any atom is 0.330 e. The van der Waals surface area contributed by atoms with Crippen LogP contribution >= 0.6 is 0 Å². The van der Waals surface area contributed by atoms with Crippen LogP contribution in [0.15, 0.2) is 18.2 Å². The number of aryl methyl sites for hydroxylation is 1. The zero-order valence-electron chi connectivity index (χ0n) is 13.8. The predicted molar refractivity (Wildman–Crippen MR) is 82.8 cm³/mol. The van der Waals surface area contributed by atoms with Gasteiger partial charge in [0.1, 0.15) is 11.4 Å². The van der Waals surface area contributed by atoms with E-state index in [1.165, 1.54) is 12.1 Å². The summed E-state index contributed by atoms with van der Waals surface area (Å²) < 4.78 is 19.0. The van der Waals surface area contributed by atoms with Crippen molar-refractivity contribution in [2.45, 2.75) is 45.8 Å². The summed E-state index contributed by atoms with van der Waals surface area (Å²) in [6.45, 7) is 7.49. The second-order valence-corrected chi connectivity index (χ2v) is 6.55. The van der Waals surface area contributed by atoms with Gasteiger partial charge in [0.05, 0.1) is 6.10 Å². The number of carboxylic acid groups (broad SMARTS) is 1. The third-order valence-corrected chi connectivity index (χ3v) is 4.76. The molecule has 2 unspecified atom stereocenters. The average molecular weight is 323 g/mol. The van der Waals surface area contributed by atoms with Crippen molar-refractivity contribution in [2.75, 3.05) is 6.61 Å². The molecule has 1 fully saturated rings. The molecule has 2 N–H and O–H groups in total. The molecular weight excluding hydrogens is 301 g/mol. The van der Waals surface area contributed by atoms with Gasteiger partial charge in [0.25, 0.3) is 5.91 Å². The maximum atomic E-state index is 13.5. The van der Waals surface area contributed by atoms with Crippen LogP contribution < -0.4 is 5.32 Å². The Labute approximate surface area is 134 Å². The molecule has 23 heavy (non-hydrogen) atoms. The Morgan fingerprint density at radius 1 is 1.39 bits per heavy atom. The zero-order chi connectivity index (χ0) is 17.4. The highest BCUT2D eigenvalue weighted by atomic mass is 19.1. The molecule has 1 saturated carbocycles. The van der Waals surface area contributed by atoms with Gasteiger partial charge < -0.3 is 15.2 Å². The first-order valence-corrected chi connectivity index (χ1v) is 7.58. The topological polar surface area (TPSA) is 75.6 Å². The number of nitrogens with one attached hydrogen (secondary N) is 1. The molecule has 5 nitrogen and oxygen atoms in total. The standard InChI is InChI=1S/C17H22FNO4/c1-5-23-13-9-17(15(21)22,16(13,3)4)19-14(20)11-6-10(2)7-12(18)8-11/h6-8,13H,5,9H2,1-4H3,(H,19,20)(H,21,22). The second kappa shape index (κ2) is 5.92. The minimum absolute atomic E-state index is 0.110. The zero-order valence-corrected chi connectivity index (χ0v) is 13.8. The summed E-state index contributed by atoms with van der Waals surface area (Å²) in [4.78, 5) is 24.3. The number of aliphatic carboxylic acids is 1. The normalized spacial score (nSPS) is 25.5. The first-order valence-electron chi connectivity index (χ1n) is 7.58. The smallest absolute Gasteiger partial charge is 0.330 e. The summed E-state index contributed by atoms with van der Waals surface area (Å²) in [5.74, 6) is -2.24. The molecule has 0 saturated heterocycles. The molecule has 0 heterocycles. The molecule has 0 spiro atoms. The van der Waals surface area contributed by atoms with Gasteiger partial charge in [-0.15, -0.1) is 0 Å². The van der Waals surface area contributed by atoms with Gasteiger partial charge in [-0.1, -0.05) is 13.8 Å². The van der Waals surface area contributed by atoms with Gasteiger partial charge in [-0.05, 0) is 37.6 Å². The molecule has 1 aliphatic rings. The van der Waals surface area contributed by atoms with Crippen LogP contribution in [0.2, 0.25) is 0 Å². The van der Waals surface area contributed by atoms with Crippen LogP contribution in [-0.4, -0.2) is 35.2 Å². The van der Waals surface area contributed by atoms with Gasteiger partial charge >= 0.3 is 5.97 Å². The molecule has 1 amide bonds. The van der Waals surface area contributed by atoms with Crippen molar-refractivity contribution in [1.82, 2.24) is 5.32 Å². The van der Waals surface area contributed by atoms with Crippen molar-refractivity contribution in [3.63, 3.8) is 0 Å². The fourth-order valence-electron chi connectivity index (χ4n) is 3.17. The first-order chi connectivity index (χ1) is 10.6. The molecule has 0 aliphatic heterocycles. The first kappa shape index (κ1) is 17.4. The quantitative estimate of drug-likeness (QED) is 0.873. The van der Waals surface area contributed by atoms with Gasteiger partial charge in [-0.25, -0.2) is 9.18 Å². The van der Waals surface area contributed by atoms with E-state index in [0.717, 1.165) is 6.07 Å². The van der Waals surface area contributed by atoms with Crippen LogP contribution in [0.4, 0.5) is 4.39 Å². The molecule has 0 aromatic heterocycles. The van der Waals surface area contributed by atoms with E-state index in [1.54, 1.807) is 20.8 Å². The predicted octanol–water partition coefficient (Wildman–Crippen LogP) is 2.52. The Hall–Kier alpha value is -1.95. The highest BCUT2D eigenvalue weighted by Crippen LogP contribution is 2.51. The van der Waals surface area contributed by atoms with Gasteiger partial charge in [-0.3, -0.25) is 4.79 Å².